The third kappa shape index (κ3) is 5.07. The predicted molar refractivity (Wildman–Crippen MR) is 133 cm³/mol. The molecule has 0 radical (unpaired) electrons. The first-order valence-corrected chi connectivity index (χ1v) is 11.6. The van der Waals surface area contributed by atoms with Gasteiger partial charge in [0.25, 0.3) is 0 Å². The van der Waals surface area contributed by atoms with Crippen molar-refractivity contribution in [1.29, 1.82) is 0 Å². The number of carbonyl (C=O) groups is 1. The number of rotatable bonds is 9. The number of fused-ring (bicyclic) bond motifs is 1. The number of hydrogen-bond acceptors (Lipinski definition) is 3. The first kappa shape index (κ1) is 23.6. The third-order valence-electron chi connectivity index (χ3n) is 5.86. The van der Waals surface area contributed by atoms with Crippen LogP contribution in [0.2, 0.25) is 0 Å². The maximum Gasteiger partial charge on any atom is 0.244 e. The largest absolute Gasteiger partial charge is 0.493 e. The number of allylic oxidation sites excluding steroid dienone is 1. The van der Waals surface area contributed by atoms with E-state index in [-0.39, 0.29) is 5.91 Å². The Kier molecular flexibility index (Phi) is 7.79. The third-order valence-corrected chi connectivity index (χ3v) is 5.86. The average Bonchev–Trinajstić information content (AvgIpc) is 3.17. The van der Waals surface area contributed by atoms with Crippen LogP contribution in [-0.4, -0.2) is 19.1 Å². The number of ether oxygens (including phenoxy) is 1. The minimum atomic E-state index is -0.0689. The van der Waals surface area contributed by atoms with Crippen LogP contribution in [-0.2, 0) is 4.79 Å². The number of amides is 1. The van der Waals surface area contributed by atoms with Crippen molar-refractivity contribution in [1.82, 2.24) is 5.32 Å². The van der Waals surface area contributed by atoms with E-state index in [1.54, 1.807) is 6.08 Å². The minimum Gasteiger partial charge on any atom is -0.493 e. The van der Waals surface area contributed by atoms with Crippen molar-refractivity contribution in [2.75, 3.05) is 13.2 Å². The average molecular weight is 434 g/mol. The lowest BCUT2D eigenvalue weighted by Crippen LogP contribution is -2.22. The molecule has 170 valence electrons. The maximum absolute atomic E-state index is 12.5. The lowest BCUT2D eigenvalue weighted by molar-refractivity contribution is -0.116. The fraction of sp³-hybridized carbons (Fsp3) is 0.393. The molecule has 3 aromatic rings. The molecule has 1 heterocycles. The zero-order valence-electron chi connectivity index (χ0n) is 20.2. The van der Waals surface area contributed by atoms with Crippen molar-refractivity contribution in [2.24, 2.45) is 0 Å². The summed E-state index contributed by atoms with van der Waals surface area (Å²) in [5.41, 5.74) is 8.22. The zero-order chi connectivity index (χ0) is 23.3. The van der Waals surface area contributed by atoms with Crippen LogP contribution in [0.3, 0.4) is 0 Å². The molecule has 0 saturated carbocycles. The topological polar surface area (TPSA) is 51.5 Å². The number of hydrogen-bond donors (Lipinski definition) is 1. The van der Waals surface area contributed by atoms with E-state index in [0.29, 0.717) is 13.2 Å². The molecule has 1 N–H and O–H groups in total. The molecule has 1 amide bonds. The second-order valence-electron chi connectivity index (χ2n) is 8.48. The fourth-order valence-corrected chi connectivity index (χ4v) is 4.18. The molecule has 32 heavy (non-hydrogen) atoms. The van der Waals surface area contributed by atoms with Gasteiger partial charge in [0.05, 0.1) is 12.9 Å². The Bertz CT molecular complexity index is 1140. The minimum absolute atomic E-state index is 0.0689. The van der Waals surface area contributed by atoms with Gasteiger partial charge in [0.2, 0.25) is 5.91 Å². The summed E-state index contributed by atoms with van der Waals surface area (Å²) in [4.78, 5) is 12.5. The number of aryl methyl sites for hydroxylation is 3. The SMILES string of the molecule is CCCCCNC(=O)/C=C(\C)c1cc2c(-c3ccc(C)cc3C)coc2c(C)c1OCC. The molecule has 0 saturated heterocycles. The van der Waals surface area contributed by atoms with Gasteiger partial charge in [-0.25, -0.2) is 0 Å². The Labute approximate surface area is 191 Å². The monoisotopic (exact) mass is 433 g/mol. The van der Waals surface area contributed by atoms with Crippen LogP contribution in [0.25, 0.3) is 27.7 Å². The van der Waals surface area contributed by atoms with E-state index in [1.807, 2.05) is 27.0 Å². The van der Waals surface area contributed by atoms with Crippen LogP contribution in [0, 0.1) is 20.8 Å². The molecular formula is C28H35NO3. The highest BCUT2D eigenvalue weighted by molar-refractivity contribution is 6.02. The van der Waals surface area contributed by atoms with E-state index in [2.05, 4.69) is 50.4 Å². The normalized spacial score (nSPS) is 11.8. The highest BCUT2D eigenvalue weighted by atomic mass is 16.5. The molecule has 2 aromatic carbocycles. The summed E-state index contributed by atoms with van der Waals surface area (Å²) in [7, 11) is 0. The molecule has 3 rings (SSSR count). The zero-order valence-corrected chi connectivity index (χ0v) is 20.2. The molecule has 0 atom stereocenters. The molecular weight excluding hydrogens is 398 g/mol. The molecule has 1 aromatic heterocycles. The first-order valence-electron chi connectivity index (χ1n) is 11.6. The molecule has 4 nitrogen and oxygen atoms in total. The smallest absolute Gasteiger partial charge is 0.244 e. The highest BCUT2D eigenvalue weighted by Crippen LogP contribution is 2.41. The number of carbonyl (C=O) groups excluding carboxylic acids is 1. The molecule has 0 fully saturated rings. The van der Waals surface area contributed by atoms with Gasteiger partial charge in [-0.2, -0.15) is 0 Å². The van der Waals surface area contributed by atoms with E-state index in [9.17, 15) is 4.79 Å². The summed E-state index contributed by atoms with van der Waals surface area (Å²) in [5, 5.41) is 4.02. The molecule has 0 aliphatic carbocycles. The molecule has 0 bridgehead atoms. The van der Waals surface area contributed by atoms with E-state index in [4.69, 9.17) is 9.15 Å². The Morgan fingerprint density at radius 2 is 1.88 bits per heavy atom. The van der Waals surface area contributed by atoms with Gasteiger partial charge in [-0.15, -0.1) is 0 Å². The van der Waals surface area contributed by atoms with Gasteiger partial charge < -0.3 is 14.5 Å². The van der Waals surface area contributed by atoms with Crippen LogP contribution in [0.1, 0.15) is 62.3 Å². The second kappa shape index (κ2) is 10.5. The summed E-state index contributed by atoms with van der Waals surface area (Å²) in [6.45, 7) is 13.6. The van der Waals surface area contributed by atoms with Gasteiger partial charge in [-0.3, -0.25) is 4.79 Å². The van der Waals surface area contributed by atoms with Gasteiger partial charge >= 0.3 is 0 Å². The van der Waals surface area contributed by atoms with Crippen molar-refractivity contribution in [3.63, 3.8) is 0 Å². The summed E-state index contributed by atoms with van der Waals surface area (Å²) >= 11 is 0. The van der Waals surface area contributed by atoms with Crippen LogP contribution >= 0.6 is 0 Å². The Morgan fingerprint density at radius 1 is 1.09 bits per heavy atom. The van der Waals surface area contributed by atoms with Gasteiger partial charge in [0, 0.05) is 34.7 Å². The van der Waals surface area contributed by atoms with Crippen LogP contribution in [0.15, 0.2) is 41.0 Å². The summed E-state index contributed by atoms with van der Waals surface area (Å²) in [5.74, 6) is 0.703. The summed E-state index contributed by atoms with van der Waals surface area (Å²) in [6, 6.07) is 8.55. The van der Waals surface area contributed by atoms with Crippen LogP contribution < -0.4 is 10.1 Å². The quantitative estimate of drug-likeness (QED) is 0.288. The molecule has 0 unspecified atom stereocenters. The van der Waals surface area contributed by atoms with Crippen molar-refractivity contribution in [3.8, 4) is 16.9 Å². The van der Waals surface area contributed by atoms with Gasteiger partial charge in [0.15, 0.2) is 0 Å². The predicted octanol–water partition coefficient (Wildman–Crippen LogP) is 7.13. The molecule has 4 heteroatoms. The molecule has 0 spiro atoms. The standard InChI is InChI=1S/C28H35NO3/c1-7-9-10-13-29-26(30)15-20(5)23-16-24-25(22-12-11-18(3)14-19(22)4)17-32-28(24)21(6)27(23)31-8-2/h11-12,14-17H,7-10,13H2,1-6H3,(H,29,30)/b20-15+. The van der Waals surface area contributed by atoms with Crippen molar-refractivity contribution in [3.05, 3.63) is 58.9 Å². The second-order valence-corrected chi connectivity index (χ2v) is 8.48. The van der Waals surface area contributed by atoms with Crippen molar-refractivity contribution in [2.45, 2.75) is 60.8 Å². The Balaban J connectivity index is 2.07. The molecule has 0 aliphatic rings. The number of nitrogens with one attached hydrogen (secondary N) is 1. The lowest BCUT2D eigenvalue weighted by atomic mass is 9.94. The lowest BCUT2D eigenvalue weighted by Gasteiger charge is -2.15. The number of furan rings is 1. The molecule has 0 aliphatic heterocycles. The highest BCUT2D eigenvalue weighted by Gasteiger charge is 2.19. The van der Waals surface area contributed by atoms with Gasteiger partial charge in [-0.1, -0.05) is 43.5 Å². The van der Waals surface area contributed by atoms with E-state index in [1.165, 1.54) is 11.1 Å². The fourth-order valence-electron chi connectivity index (χ4n) is 4.18. The van der Waals surface area contributed by atoms with Crippen molar-refractivity contribution >= 4 is 22.4 Å². The van der Waals surface area contributed by atoms with Gasteiger partial charge in [-0.05, 0) is 63.8 Å². The maximum atomic E-state index is 12.5. The van der Waals surface area contributed by atoms with E-state index in [0.717, 1.165) is 63.8 Å². The summed E-state index contributed by atoms with van der Waals surface area (Å²) < 4.78 is 12.0. The first-order chi connectivity index (χ1) is 15.4. The Morgan fingerprint density at radius 3 is 2.56 bits per heavy atom. The number of benzene rings is 2. The number of unbranched alkanes of at least 4 members (excludes halogenated alkanes) is 2. The van der Waals surface area contributed by atoms with Gasteiger partial charge in [0.1, 0.15) is 11.3 Å². The van der Waals surface area contributed by atoms with Crippen molar-refractivity contribution < 1.29 is 13.9 Å². The van der Waals surface area contributed by atoms with E-state index >= 15 is 0 Å². The van der Waals surface area contributed by atoms with Crippen LogP contribution in [0.5, 0.6) is 5.75 Å². The van der Waals surface area contributed by atoms with E-state index < -0.39 is 0 Å². The van der Waals surface area contributed by atoms with Crippen LogP contribution in [0.4, 0.5) is 0 Å². The summed E-state index contributed by atoms with van der Waals surface area (Å²) in [6.07, 6.45) is 6.75. The Hall–Kier alpha value is -3.01.